The van der Waals surface area contributed by atoms with Crippen molar-refractivity contribution in [2.45, 2.75) is 27.0 Å². The minimum atomic E-state index is 0.550. The molecule has 0 unspecified atom stereocenters. The molecule has 4 nitrogen and oxygen atoms in total. The maximum absolute atomic E-state index is 5.91. The summed E-state index contributed by atoms with van der Waals surface area (Å²) in [6.45, 7) is 6.69. The molecule has 0 aliphatic heterocycles. The van der Waals surface area contributed by atoms with Gasteiger partial charge in [-0.25, -0.2) is 0 Å². The van der Waals surface area contributed by atoms with Crippen LogP contribution in [0.3, 0.4) is 0 Å². The highest BCUT2D eigenvalue weighted by Crippen LogP contribution is 2.25. The summed E-state index contributed by atoms with van der Waals surface area (Å²) in [7, 11) is 1.68. The van der Waals surface area contributed by atoms with Gasteiger partial charge in [-0.1, -0.05) is 13.8 Å². The van der Waals surface area contributed by atoms with Crippen molar-refractivity contribution in [1.29, 1.82) is 0 Å². The largest absolute Gasteiger partial charge is 0.497 e. The number of hydrogen-bond donors (Lipinski definition) is 1. The van der Waals surface area contributed by atoms with Crippen molar-refractivity contribution in [3.63, 3.8) is 0 Å². The van der Waals surface area contributed by atoms with Crippen molar-refractivity contribution in [3.8, 4) is 11.5 Å². The fourth-order valence-corrected chi connectivity index (χ4v) is 2.43. The zero-order valence-corrected chi connectivity index (χ0v) is 13.6. The van der Waals surface area contributed by atoms with Crippen molar-refractivity contribution in [3.05, 3.63) is 40.3 Å². The Balaban J connectivity index is 2.03. The molecule has 0 radical (unpaired) electrons. The van der Waals surface area contributed by atoms with Crippen LogP contribution in [0.15, 0.2) is 29.9 Å². The Labute approximate surface area is 130 Å². The summed E-state index contributed by atoms with van der Waals surface area (Å²) in [5.41, 5.74) is 2.93. The fraction of sp³-hybridized carbons (Fsp3) is 0.438. The summed E-state index contributed by atoms with van der Waals surface area (Å²) < 4.78 is 11.2. The number of ether oxygens (including phenoxy) is 2. The van der Waals surface area contributed by atoms with E-state index in [-0.39, 0.29) is 0 Å². The normalized spacial score (nSPS) is 10.9. The average Bonchev–Trinajstić information content (AvgIpc) is 2.98. The van der Waals surface area contributed by atoms with Gasteiger partial charge in [0.1, 0.15) is 18.1 Å². The second-order valence-corrected chi connectivity index (χ2v) is 6.23. The quantitative estimate of drug-likeness (QED) is 0.811. The third kappa shape index (κ3) is 5.02. The van der Waals surface area contributed by atoms with Crippen LogP contribution < -0.4 is 14.8 Å². The van der Waals surface area contributed by atoms with Crippen LogP contribution in [0, 0.1) is 5.92 Å². The fourth-order valence-electron chi connectivity index (χ4n) is 1.92. The highest BCUT2D eigenvalue weighted by atomic mass is 32.1. The zero-order chi connectivity index (χ0) is 15.1. The molecule has 0 bridgehead atoms. The molecule has 1 heterocycles. The van der Waals surface area contributed by atoms with Crippen LogP contribution in [0.4, 0.5) is 0 Å². The number of hydrogen-bond acceptors (Lipinski definition) is 5. The van der Waals surface area contributed by atoms with Crippen molar-refractivity contribution in [2.75, 3.05) is 13.7 Å². The second kappa shape index (κ2) is 8.00. The monoisotopic (exact) mass is 306 g/mol. The molecule has 0 saturated heterocycles. The predicted molar refractivity (Wildman–Crippen MR) is 86.0 cm³/mol. The first kappa shape index (κ1) is 15.8. The van der Waals surface area contributed by atoms with Gasteiger partial charge in [-0.3, -0.25) is 4.98 Å². The van der Waals surface area contributed by atoms with Gasteiger partial charge in [0, 0.05) is 18.3 Å². The standard InChI is InChI=1S/C16H22N2O2S/c1-12(2)7-17-8-13-6-14(19-3)4-5-16(13)20-10-15-9-18-11-21-15/h4-6,9,11-12,17H,7-8,10H2,1-3H3. The molecule has 5 heteroatoms. The van der Waals surface area contributed by atoms with E-state index < -0.39 is 0 Å². The molecule has 0 amide bonds. The zero-order valence-electron chi connectivity index (χ0n) is 12.8. The van der Waals surface area contributed by atoms with E-state index in [9.17, 15) is 0 Å². The molecule has 0 atom stereocenters. The molecule has 114 valence electrons. The average molecular weight is 306 g/mol. The summed E-state index contributed by atoms with van der Waals surface area (Å²) in [5.74, 6) is 2.36. The van der Waals surface area contributed by atoms with Crippen molar-refractivity contribution < 1.29 is 9.47 Å². The third-order valence-corrected chi connectivity index (χ3v) is 3.74. The van der Waals surface area contributed by atoms with Gasteiger partial charge in [-0.15, -0.1) is 11.3 Å². The molecule has 0 aliphatic carbocycles. The van der Waals surface area contributed by atoms with Crippen LogP contribution in [0.5, 0.6) is 11.5 Å². The molecular formula is C16H22N2O2S. The number of nitrogens with one attached hydrogen (secondary N) is 1. The molecule has 2 aromatic rings. The van der Waals surface area contributed by atoms with Crippen molar-refractivity contribution >= 4 is 11.3 Å². The van der Waals surface area contributed by atoms with E-state index in [1.807, 2.05) is 29.9 Å². The first-order chi connectivity index (χ1) is 10.2. The van der Waals surface area contributed by atoms with Crippen LogP contribution in [0.25, 0.3) is 0 Å². The highest BCUT2D eigenvalue weighted by Gasteiger charge is 2.07. The molecule has 2 rings (SSSR count). The van der Waals surface area contributed by atoms with Crippen LogP contribution in [0.2, 0.25) is 0 Å². The van der Waals surface area contributed by atoms with Gasteiger partial charge < -0.3 is 14.8 Å². The minimum Gasteiger partial charge on any atom is -0.497 e. The lowest BCUT2D eigenvalue weighted by atomic mass is 10.1. The van der Waals surface area contributed by atoms with E-state index in [0.717, 1.165) is 35.0 Å². The topological polar surface area (TPSA) is 43.4 Å². The Kier molecular flexibility index (Phi) is 6.02. The van der Waals surface area contributed by atoms with Crippen LogP contribution in [-0.4, -0.2) is 18.6 Å². The Morgan fingerprint density at radius 2 is 2.19 bits per heavy atom. The van der Waals surface area contributed by atoms with Gasteiger partial charge in [0.2, 0.25) is 0 Å². The minimum absolute atomic E-state index is 0.550. The maximum atomic E-state index is 5.91. The number of nitrogens with zero attached hydrogens (tertiary/aromatic N) is 1. The Morgan fingerprint density at radius 3 is 2.86 bits per heavy atom. The Bertz CT molecular complexity index is 541. The summed E-state index contributed by atoms with van der Waals surface area (Å²) in [6, 6.07) is 5.91. The molecule has 0 saturated carbocycles. The van der Waals surface area contributed by atoms with E-state index in [1.165, 1.54) is 0 Å². The van der Waals surface area contributed by atoms with Gasteiger partial charge >= 0.3 is 0 Å². The first-order valence-electron chi connectivity index (χ1n) is 7.07. The lowest BCUT2D eigenvalue weighted by molar-refractivity contribution is 0.304. The lowest BCUT2D eigenvalue weighted by Gasteiger charge is -2.14. The van der Waals surface area contributed by atoms with E-state index in [4.69, 9.17) is 9.47 Å². The summed E-state index contributed by atoms with van der Waals surface area (Å²) in [4.78, 5) is 5.18. The van der Waals surface area contributed by atoms with E-state index >= 15 is 0 Å². The molecule has 1 aromatic carbocycles. The second-order valence-electron chi connectivity index (χ2n) is 5.25. The van der Waals surface area contributed by atoms with Gasteiger partial charge in [-0.2, -0.15) is 0 Å². The number of thiazole rings is 1. The van der Waals surface area contributed by atoms with E-state index in [2.05, 4.69) is 24.1 Å². The van der Waals surface area contributed by atoms with Gasteiger partial charge in [-0.05, 0) is 30.7 Å². The predicted octanol–water partition coefficient (Wildman–Crippen LogP) is 3.48. The smallest absolute Gasteiger partial charge is 0.124 e. The van der Waals surface area contributed by atoms with E-state index in [1.54, 1.807) is 18.4 Å². The van der Waals surface area contributed by atoms with Crippen LogP contribution in [0.1, 0.15) is 24.3 Å². The molecule has 0 spiro atoms. The van der Waals surface area contributed by atoms with Gasteiger partial charge in [0.25, 0.3) is 0 Å². The van der Waals surface area contributed by atoms with Crippen LogP contribution >= 0.6 is 11.3 Å². The first-order valence-corrected chi connectivity index (χ1v) is 7.94. The number of methoxy groups -OCH3 is 1. The van der Waals surface area contributed by atoms with Crippen LogP contribution in [-0.2, 0) is 13.2 Å². The molecule has 1 N–H and O–H groups in total. The maximum Gasteiger partial charge on any atom is 0.124 e. The third-order valence-electron chi connectivity index (χ3n) is 2.99. The Morgan fingerprint density at radius 1 is 1.33 bits per heavy atom. The highest BCUT2D eigenvalue weighted by molar-refractivity contribution is 7.09. The van der Waals surface area contributed by atoms with Crippen molar-refractivity contribution in [1.82, 2.24) is 10.3 Å². The summed E-state index contributed by atoms with van der Waals surface area (Å²) >= 11 is 1.60. The molecule has 0 aliphatic rings. The number of rotatable bonds is 8. The SMILES string of the molecule is COc1ccc(OCc2cncs2)c(CNCC(C)C)c1. The molecule has 1 aromatic heterocycles. The number of benzene rings is 1. The van der Waals surface area contributed by atoms with Gasteiger partial charge in [0.15, 0.2) is 0 Å². The lowest BCUT2D eigenvalue weighted by Crippen LogP contribution is -2.19. The molecule has 21 heavy (non-hydrogen) atoms. The summed E-state index contributed by atoms with van der Waals surface area (Å²) in [5, 5.41) is 3.44. The molecule has 0 fully saturated rings. The van der Waals surface area contributed by atoms with Crippen molar-refractivity contribution in [2.24, 2.45) is 5.92 Å². The Hall–Kier alpha value is -1.59. The van der Waals surface area contributed by atoms with E-state index in [0.29, 0.717) is 12.5 Å². The number of aromatic nitrogens is 1. The molecular weight excluding hydrogens is 284 g/mol. The summed E-state index contributed by atoms with van der Waals surface area (Å²) in [6.07, 6.45) is 1.84. The van der Waals surface area contributed by atoms with Gasteiger partial charge in [0.05, 0.1) is 17.5 Å².